The van der Waals surface area contributed by atoms with Gasteiger partial charge in [-0.2, -0.15) is 0 Å². The summed E-state index contributed by atoms with van der Waals surface area (Å²) in [5, 5.41) is 0.810. The number of nitrogens with two attached hydrogens (primary N) is 1. The van der Waals surface area contributed by atoms with Crippen LogP contribution in [0.5, 0.6) is 0 Å². The molecule has 1 fully saturated rings. The molecule has 7 heteroatoms. The van der Waals surface area contributed by atoms with Crippen molar-refractivity contribution in [3.63, 3.8) is 0 Å². The van der Waals surface area contributed by atoms with E-state index in [1.165, 1.54) is 11.3 Å². The van der Waals surface area contributed by atoms with Crippen LogP contribution in [0.15, 0.2) is 0 Å². The largest absolute Gasteiger partial charge is 0.384 e. The molecule has 0 bridgehead atoms. The fourth-order valence-electron chi connectivity index (χ4n) is 2.60. The van der Waals surface area contributed by atoms with E-state index in [4.69, 9.17) is 10.5 Å². The van der Waals surface area contributed by atoms with Gasteiger partial charge in [0.2, 0.25) is 0 Å². The average molecular weight is 312 g/mol. The second-order valence-corrected chi connectivity index (χ2v) is 6.47. The van der Waals surface area contributed by atoms with Gasteiger partial charge in [-0.3, -0.25) is 4.79 Å². The molecule has 0 aromatic carbocycles. The minimum absolute atomic E-state index is 0.000230. The van der Waals surface area contributed by atoms with Gasteiger partial charge in [0.25, 0.3) is 5.91 Å². The predicted molar refractivity (Wildman–Crippen MR) is 86.0 cm³/mol. The summed E-state index contributed by atoms with van der Waals surface area (Å²) in [6.45, 7) is 5.22. The fraction of sp³-hybridized carbons (Fsp3) is 0.714. The SMILES string of the molecule is CCCN(C)c1nc(N)c(C(=O)N2CCC(COC)C2)s1. The van der Waals surface area contributed by atoms with Crippen LogP contribution in [0.1, 0.15) is 29.4 Å². The topological polar surface area (TPSA) is 71.7 Å². The Morgan fingerprint density at radius 2 is 2.38 bits per heavy atom. The van der Waals surface area contributed by atoms with Crippen molar-refractivity contribution in [1.29, 1.82) is 0 Å². The Bertz CT molecular complexity index is 491. The highest BCUT2D eigenvalue weighted by molar-refractivity contribution is 7.18. The van der Waals surface area contributed by atoms with Crippen LogP contribution in [-0.2, 0) is 4.74 Å². The van der Waals surface area contributed by atoms with Crippen molar-refractivity contribution < 1.29 is 9.53 Å². The van der Waals surface area contributed by atoms with Crippen LogP contribution in [-0.4, -0.2) is 56.2 Å². The van der Waals surface area contributed by atoms with Gasteiger partial charge >= 0.3 is 0 Å². The van der Waals surface area contributed by atoms with E-state index in [2.05, 4.69) is 11.9 Å². The summed E-state index contributed by atoms with van der Waals surface area (Å²) >= 11 is 1.38. The molecule has 0 spiro atoms. The molecule has 1 unspecified atom stereocenters. The summed E-state index contributed by atoms with van der Waals surface area (Å²) in [6.07, 6.45) is 2.02. The third-order valence-electron chi connectivity index (χ3n) is 3.70. The number of amides is 1. The first-order valence-corrected chi connectivity index (χ1v) is 8.14. The molecule has 1 amide bonds. The molecule has 0 saturated carbocycles. The average Bonchev–Trinajstić information content (AvgIpc) is 3.06. The smallest absolute Gasteiger partial charge is 0.267 e. The number of aromatic nitrogens is 1. The second-order valence-electron chi connectivity index (χ2n) is 5.49. The van der Waals surface area contributed by atoms with Crippen LogP contribution in [0.4, 0.5) is 10.9 Å². The third-order valence-corrected chi connectivity index (χ3v) is 4.87. The molecule has 21 heavy (non-hydrogen) atoms. The highest BCUT2D eigenvalue weighted by Gasteiger charge is 2.29. The van der Waals surface area contributed by atoms with Gasteiger partial charge in [0.1, 0.15) is 10.7 Å². The minimum atomic E-state index is -0.000230. The first-order chi connectivity index (χ1) is 10.1. The van der Waals surface area contributed by atoms with Crippen LogP contribution in [0, 0.1) is 5.92 Å². The number of hydrogen-bond donors (Lipinski definition) is 1. The van der Waals surface area contributed by atoms with Crippen LogP contribution in [0.3, 0.4) is 0 Å². The normalized spacial score (nSPS) is 18.2. The van der Waals surface area contributed by atoms with E-state index in [0.717, 1.165) is 37.6 Å². The quantitative estimate of drug-likeness (QED) is 0.865. The van der Waals surface area contributed by atoms with Crippen LogP contribution in [0.2, 0.25) is 0 Å². The summed E-state index contributed by atoms with van der Waals surface area (Å²) in [4.78, 5) is 21.4. The zero-order valence-electron chi connectivity index (χ0n) is 13.0. The number of nitrogen functional groups attached to an aromatic ring is 1. The van der Waals surface area contributed by atoms with E-state index < -0.39 is 0 Å². The number of carbonyl (C=O) groups excluding carboxylic acids is 1. The van der Waals surface area contributed by atoms with E-state index in [1.54, 1.807) is 7.11 Å². The predicted octanol–water partition coefficient (Wildman–Crippen LogP) is 1.68. The van der Waals surface area contributed by atoms with E-state index in [9.17, 15) is 4.79 Å². The van der Waals surface area contributed by atoms with Gasteiger partial charge in [-0.25, -0.2) is 4.98 Å². The maximum Gasteiger partial charge on any atom is 0.267 e. The first kappa shape index (κ1) is 16.0. The minimum Gasteiger partial charge on any atom is -0.384 e. The fourth-order valence-corrected chi connectivity index (χ4v) is 3.54. The first-order valence-electron chi connectivity index (χ1n) is 7.32. The van der Waals surface area contributed by atoms with E-state index in [0.29, 0.717) is 23.2 Å². The molecule has 1 aliphatic rings. The Balaban J connectivity index is 2.06. The van der Waals surface area contributed by atoms with Crippen molar-refractivity contribution in [2.24, 2.45) is 5.92 Å². The molecule has 1 atom stereocenters. The Morgan fingerprint density at radius 3 is 3.05 bits per heavy atom. The summed E-state index contributed by atoms with van der Waals surface area (Å²) in [6, 6.07) is 0. The van der Waals surface area contributed by atoms with E-state index in [1.807, 2.05) is 16.8 Å². The van der Waals surface area contributed by atoms with Crippen LogP contribution < -0.4 is 10.6 Å². The molecule has 1 saturated heterocycles. The molecular formula is C14H24N4O2S. The molecule has 2 heterocycles. The van der Waals surface area contributed by atoms with E-state index >= 15 is 0 Å². The summed E-state index contributed by atoms with van der Waals surface area (Å²) in [5.74, 6) is 0.772. The van der Waals surface area contributed by atoms with Gasteiger partial charge in [0.15, 0.2) is 5.13 Å². The highest BCUT2D eigenvalue weighted by atomic mass is 32.1. The number of methoxy groups -OCH3 is 1. The van der Waals surface area contributed by atoms with Gasteiger partial charge in [-0.05, 0) is 12.8 Å². The number of likely N-dealkylation sites (tertiary alicyclic amines) is 1. The lowest BCUT2D eigenvalue weighted by molar-refractivity contribution is 0.0781. The number of nitrogens with zero attached hydrogens (tertiary/aromatic N) is 3. The number of thiazole rings is 1. The third kappa shape index (κ3) is 3.65. The number of rotatable bonds is 6. The Kier molecular flexibility index (Phi) is 5.41. The Morgan fingerprint density at radius 1 is 1.62 bits per heavy atom. The van der Waals surface area contributed by atoms with Crippen LogP contribution in [0.25, 0.3) is 0 Å². The van der Waals surface area contributed by atoms with Crippen molar-refractivity contribution >= 4 is 28.2 Å². The molecule has 0 aliphatic carbocycles. The lowest BCUT2D eigenvalue weighted by Gasteiger charge is -2.15. The molecule has 118 valence electrons. The lowest BCUT2D eigenvalue weighted by Crippen LogP contribution is -2.29. The van der Waals surface area contributed by atoms with Gasteiger partial charge < -0.3 is 20.3 Å². The number of anilines is 2. The standard InChI is InChI=1S/C14H24N4O2S/c1-4-6-17(2)14-16-12(15)11(21-14)13(19)18-7-5-10(8-18)9-20-3/h10H,4-9,15H2,1-3H3. The molecule has 0 radical (unpaired) electrons. The molecule has 6 nitrogen and oxygen atoms in total. The van der Waals surface area contributed by atoms with Crippen molar-refractivity contribution in [3.8, 4) is 0 Å². The van der Waals surface area contributed by atoms with Crippen LogP contribution >= 0.6 is 11.3 Å². The van der Waals surface area contributed by atoms with Gasteiger partial charge in [0.05, 0.1) is 6.61 Å². The summed E-state index contributed by atoms with van der Waals surface area (Å²) < 4.78 is 5.17. The zero-order chi connectivity index (χ0) is 15.4. The second kappa shape index (κ2) is 7.09. The zero-order valence-corrected chi connectivity index (χ0v) is 13.8. The molecule has 1 aromatic rings. The monoisotopic (exact) mass is 312 g/mol. The van der Waals surface area contributed by atoms with Crippen molar-refractivity contribution in [2.45, 2.75) is 19.8 Å². The summed E-state index contributed by atoms with van der Waals surface area (Å²) in [5.41, 5.74) is 5.94. The van der Waals surface area contributed by atoms with Crippen molar-refractivity contribution in [2.75, 3.05) is 51.0 Å². The number of ether oxygens (including phenoxy) is 1. The van der Waals surface area contributed by atoms with E-state index in [-0.39, 0.29) is 5.91 Å². The molecule has 2 N–H and O–H groups in total. The van der Waals surface area contributed by atoms with Crippen molar-refractivity contribution in [1.82, 2.24) is 9.88 Å². The number of hydrogen-bond acceptors (Lipinski definition) is 6. The molecule has 1 aliphatic heterocycles. The number of carbonyl (C=O) groups is 1. The Hall–Kier alpha value is -1.34. The maximum atomic E-state index is 12.6. The Labute approximate surface area is 129 Å². The summed E-state index contributed by atoms with van der Waals surface area (Å²) in [7, 11) is 3.67. The van der Waals surface area contributed by atoms with Gasteiger partial charge in [-0.1, -0.05) is 18.3 Å². The highest BCUT2D eigenvalue weighted by Crippen LogP contribution is 2.30. The maximum absolute atomic E-state index is 12.6. The molecule has 1 aromatic heterocycles. The van der Waals surface area contributed by atoms with Gasteiger partial charge in [0, 0.05) is 39.7 Å². The molecular weight excluding hydrogens is 288 g/mol. The van der Waals surface area contributed by atoms with Gasteiger partial charge in [-0.15, -0.1) is 0 Å². The van der Waals surface area contributed by atoms with Crippen molar-refractivity contribution in [3.05, 3.63) is 4.88 Å². The molecule has 2 rings (SSSR count). The lowest BCUT2D eigenvalue weighted by atomic mass is 10.1.